The molecular formula is C15H21ClN2O3. The molecule has 0 aliphatic carbocycles. The van der Waals surface area contributed by atoms with E-state index in [1.54, 1.807) is 19.1 Å². The Labute approximate surface area is 130 Å². The van der Waals surface area contributed by atoms with Crippen LogP contribution in [0.5, 0.6) is 0 Å². The molecule has 0 unspecified atom stereocenters. The zero-order valence-electron chi connectivity index (χ0n) is 12.4. The number of hydrogen-bond donors (Lipinski definition) is 1. The first-order valence-corrected chi connectivity index (χ1v) is 7.34. The maximum atomic E-state index is 12.1. The lowest BCUT2D eigenvalue weighted by molar-refractivity contribution is -0.226. The number of rotatable bonds is 4. The van der Waals surface area contributed by atoms with E-state index >= 15 is 0 Å². The first kappa shape index (κ1) is 16.1. The van der Waals surface area contributed by atoms with Gasteiger partial charge in [0.15, 0.2) is 5.79 Å². The lowest BCUT2D eigenvalue weighted by Crippen LogP contribution is -2.51. The Hall–Kier alpha value is -1.30. The van der Waals surface area contributed by atoms with Gasteiger partial charge < -0.3 is 19.7 Å². The van der Waals surface area contributed by atoms with E-state index in [0.29, 0.717) is 37.5 Å². The molecule has 1 aliphatic heterocycles. The molecular weight excluding hydrogens is 292 g/mol. The van der Waals surface area contributed by atoms with Crippen molar-refractivity contribution < 1.29 is 14.3 Å². The van der Waals surface area contributed by atoms with Crippen LogP contribution in [-0.2, 0) is 16.0 Å². The molecule has 116 valence electrons. The third kappa shape index (κ3) is 4.09. The van der Waals surface area contributed by atoms with E-state index in [2.05, 4.69) is 5.32 Å². The van der Waals surface area contributed by atoms with Crippen molar-refractivity contribution in [2.45, 2.75) is 25.2 Å². The molecule has 21 heavy (non-hydrogen) atoms. The zero-order valence-corrected chi connectivity index (χ0v) is 13.2. The third-order valence-electron chi connectivity index (χ3n) is 3.91. The van der Waals surface area contributed by atoms with Crippen molar-refractivity contribution in [2.24, 2.45) is 0 Å². The standard InChI is InChI=1S/C15H21ClN2O3/c1-20-15(21-2)7-9-18(10-8-15)14(19)17-11-12-3-5-13(16)6-4-12/h3-6H,7-11H2,1-2H3,(H,17,19). The van der Waals surface area contributed by atoms with Crippen LogP contribution >= 0.6 is 11.6 Å². The molecule has 6 heteroatoms. The molecule has 2 rings (SSSR count). The van der Waals surface area contributed by atoms with Gasteiger partial charge in [-0.05, 0) is 17.7 Å². The number of nitrogens with one attached hydrogen (secondary N) is 1. The fourth-order valence-corrected chi connectivity index (χ4v) is 2.56. The Morgan fingerprint density at radius 3 is 2.33 bits per heavy atom. The van der Waals surface area contributed by atoms with Gasteiger partial charge in [-0.15, -0.1) is 0 Å². The fraction of sp³-hybridized carbons (Fsp3) is 0.533. The Kier molecular flexibility index (Phi) is 5.45. The molecule has 1 N–H and O–H groups in total. The number of hydrogen-bond acceptors (Lipinski definition) is 3. The van der Waals surface area contributed by atoms with Crippen molar-refractivity contribution in [1.29, 1.82) is 0 Å². The Bertz CT molecular complexity index is 464. The predicted octanol–water partition coefficient (Wildman–Crippen LogP) is 2.63. The summed E-state index contributed by atoms with van der Waals surface area (Å²) >= 11 is 5.83. The quantitative estimate of drug-likeness (QED) is 0.870. The zero-order chi connectivity index (χ0) is 15.3. The summed E-state index contributed by atoms with van der Waals surface area (Å²) in [7, 11) is 3.28. The van der Waals surface area contributed by atoms with Gasteiger partial charge in [0.1, 0.15) is 0 Å². The van der Waals surface area contributed by atoms with Gasteiger partial charge in [-0.2, -0.15) is 0 Å². The lowest BCUT2D eigenvalue weighted by atomic mass is 10.0. The second-order valence-corrected chi connectivity index (χ2v) is 5.53. The monoisotopic (exact) mass is 312 g/mol. The van der Waals surface area contributed by atoms with Crippen molar-refractivity contribution in [1.82, 2.24) is 10.2 Å². The van der Waals surface area contributed by atoms with Crippen molar-refractivity contribution in [3.05, 3.63) is 34.9 Å². The number of likely N-dealkylation sites (tertiary alicyclic amines) is 1. The van der Waals surface area contributed by atoms with E-state index in [1.165, 1.54) is 0 Å². The van der Waals surface area contributed by atoms with Gasteiger partial charge in [-0.1, -0.05) is 23.7 Å². The smallest absolute Gasteiger partial charge is 0.317 e. The molecule has 0 atom stereocenters. The highest BCUT2D eigenvalue weighted by Gasteiger charge is 2.35. The maximum Gasteiger partial charge on any atom is 0.317 e. The van der Waals surface area contributed by atoms with Gasteiger partial charge in [0.25, 0.3) is 0 Å². The summed E-state index contributed by atoms with van der Waals surface area (Å²) in [4.78, 5) is 13.9. The number of methoxy groups -OCH3 is 2. The molecule has 2 amide bonds. The normalized spacial score (nSPS) is 17.6. The molecule has 1 fully saturated rings. The number of ether oxygens (including phenoxy) is 2. The number of amides is 2. The van der Waals surface area contributed by atoms with Crippen LogP contribution < -0.4 is 5.32 Å². The minimum atomic E-state index is -0.549. The van der Waals surface area contributed by atoms with E-state index < -0.39 is 5.79 Å². The molecule has 1 saturated heterocycles. The summed E-state index contributed by atoms with van der Waals surface area (Å²) in [5.41, 5.74) is 1.02. The van der Waals surface area contributed by atoms with E-state index in [4.69, 9.17) is 21.1 Å². The van der Waals surface area contributed by atoms with E-state index in [-0.39, 0.29) is 6.03 Å². The summed E-state index contributed by atoms with van der Waals surface area (Å²) in [5.74, 6) is -0.549. The predicted molar refractivity (Wildman–Crippen MR) is 81.2 cm³/mol. The highest BCUT2D eigenvalue weighted by molar-refractivity contribution is 6.30. The Balaban J connectivity index is 1.81. The molecule has 5 nitrogen and oxygen atoms in total. The number of carbonyl (C=O) groups is 1. The minimum absolute atomic E-state index is 0.0641. The second kappa shape index (κ2) is 7.11. The van der Waals surface area contributed by atoms with Crippen LogP contribution in [0.3, 0.4) is 0 Å². The van der Waals surface area contributed by atoms with Crippen LogP contribution in [0.4, 0.5) is 4.79 Å². The van der Waals surface area contributed by atoms with Crippen LogP contribution in [0.2, 0.25) is 5.02 Å². The Morgan fingerprint density at radius 1 is 1.24 bits per heavy atom. The van der Waals surface area contributed by atoms with Crippen molar-refractivity contribution >= 4 is 17.6 Å². The second-order valence-electron chi connectivity index (χ2n) is 5.09. The molecule has 1 aromatic carbocycles. The van der Waals surface area contributed by atoms with Crippen LogP contribution in [0, 0.1) is 0 Å². The van der Waals surface area contributed by atoms with Gasteiger partial charge in [0.05, 0.1) is 0 Å². The van der Waals surface area contributed by atoms with E-state index in [1.807, 2.05) is 24.3 Å². The molecule has 1 aromatic rings. The first-order chi connectivity index (χ1) is 10.1. The van der Waals surface area contributed by atoms with Crippen LogP contribution in [0.25, 0.3) is 0 Å². The fourth-order valence-electron chi connectivity index (χ4n) is 2.43. The molecule has 1 heterocycles. The summed E-state index contributed by atoms with van der Waals surface area (Å²) in [6.45, 7) is 1.73. The number of benzene rings is 1. The minimum Gasteiger partial charge on any atom is -0.353 e. The molecule has 0 bridgehead atoms. The number of nitrogens with zero attached hydrogens (tertiary/aromatic N) is 1. The number of halogens is 1. The molecule has 0 spiro atoms. The van der Waals surface area contributed by atoms with Crippen molar-refractivity contribution in [2.75, 3.05) is 27.3 Å². The average molecular weight is 313 g/mol. The van der Waals surface area contributed by atoms with Crippen molar-refractivity contribution in [3.63, 3.8) is 0 Å². The van der Waals surface area contributed by atoms with Gasteiger partial charge in [0.2, 0.25) is 0 Å². The highest BCUT2D eigenvalue weighted by atomic mass is 35.5. The third-order valence-corrected chi connectivity index (χ3v) is 4.17. The largest absolute Gasteiger partial charge is 0.353 e. The summed E-state index contributed by atoms with van der Waals surface area (Å²) in [6.07, 6.45) is 1.35. The van der Waals surface area contributed by atoms with Crippen molar-refractivity contribution in [3.8, 4) is 0 Å². The summed E-state index contributed by atoms with van der Waals surface area (Å²) in [6, 6.07) is 7.37. The topological polar surface area (TPSA) is 50.8 Å². The van der Waals surface area contributed by atoms with E-state index in [9.17, 15) is 4.79 Å². The van der Waals surface area contributed by atoms with Crippen LogP contribution in [0.15, 0.2) is 24.3 Å². The summed E-state index contributed by atoms with van der Waals surface area (Å²) < 4.78 is 10.8. The number of carbonyl (C=O) groups excluding carboxylic acids is 1. The SMILES string of the molecule is COC1(OC)CCN(C(=O)NCc2ccc(Cl)cc2)CC1. The summed E-state index contributed by atoms with van der Waals surface area (Å²) in [5, 5.41) is 3.61. The average Bonchev–Trinajstić information content (AvgIpc) is 2.54. The first-order valence-electron chi connectivity index (χ1n) is 6.96. The lowest BCUT2D eigenvalue weighted by Gasteiger charge is -2.39. The molecule has 0 saturated carbocycles. The van der Waals surface area contributed by atoms with Gasteiger partial charge >= 0.3 is 6.03 Å². The van der Waals surface area contributed by atoms with Gasteiger partial charge in [-0.3, -0.25) is 0 Å². The van der Waals surface area contributed by atoms with Crippen LogP contribution in [-0.4, -0.2) is 44.0 Å². The Morgan fingerprint density at radius 2 is 1.81 bits per heavy atom. The number of piperidine rings is 1. The maximum absolute atomic E-state index is 12.1. The molecule has 0 radical (unpaired) electrons. The molecule has 0 aromatic heterocycles. The highest BCUT2D eigenvalue weighted by Crippen LogP contribution is 2.26. The van der Waals surface area contributed by atoms with Crippen LogP contribution in [0.1, 0.15) is 18.4 Å². The van der Waals surface area contributed by atoms with E-state index in [0.717, 1.165) is 5.56 Å². The van der Waals surface area contributed by atoms with Gasteiger partial charge in [0, 0.05) is 51.7 Å². The van der Waals surface area contributed by atoms with Gasteiger partial charge in [-0.25, -0.2) is 4.79 Å². The number of urea groups is 1. The molecule has 1 aliphatic rings.